The highest BCUT2D eigenvalue weighted by Crippen LogP contribution is 2.26. The smallest absolute Gasteiger partial charge is 0.254 e. The van der Waals surface area contributed by atoms with E-state index in [0.29, 0.717) is 24.4 Å². The number of nitrogen functional groups attached to an aromatic ring is 1. The van der Waals surface area contributed by atoms with Gasteiger partial charge in [-0.15, -0.1) is 0 Å². The first-order valence-electron chi connectivity index (χ1n) is 6.92. The Morgan fingerprint density at radius 3 is 2.90 bits per heavy atom. The number of morpholine rings is 1. The number of carbonyl (C=O) groups is 1. The van der Waals surface area contributed by atoms with Crippen LogP contribution < -0.4 is 5.73 Å². The van der Waals surface area contributed by atoms with Gasteiger partial charge in [0.2, 0.25) is 0 Å². The van der Waals surface area contributed by atoms with Gasteiger partial charge in [0.05, 0.1) is 18.8 Å². The van der Waals surface area contributed by atoms with Gasteiger partial charge >= 0.3 is 0 Å². The van der Waals surface area contributed by atoms with Crippen LogP contribution in [0.2, 0.25) is 0 Å². The summed E-state index contributed by atoms with van der Waals surface area (Å²) < 4.78 is 6.48. The molecule has 0 saturated carbocycles. The molecule has 0 bridgehead atoms. The lowest BCUT2D eigenvalue weighted by Gasteiger charge is -2.38. The molecule has 1 aliphatic rings. The molecule has 2 atom stereocenters. The molecule has 1 saturated heterocycles. The van der Waals surface area contributed by atoms with Crippen LogP contribution >= 0.6 is 15.9 Å². The fourth-order valence-electron chi connectivity index (χ4n) is 2.51. The molecule has 1 fully saturated rings. The fraction of sp³-hybridized carbons (Fsp3) is 0.533. The van der Waals surface area contributed by atoms with Crippen LogP contribution in [0.5, 0.6) is 0 Å². The molecule has 2 rings (SSSR count). The second kappa shape index (κ2) is 6.14. The lowest BCUT2D eigenvalue weighted by molar-refractivity contribution is -0.0444. The summed E-state index contributed by atoms with van der Waals surface area (Å²) in [4.78, 5) is 14.8. The molecule has 110 valence electrons. The van der Waals surface area contributed by atoms with Crippen molar-refractivity contribution in [3.63, 3.8) is 0 Å². The summed E-state index contributed by atoms with van der Waals surface area (Å²) in [6.45, 7) is 7.19. The molecular formula is C15H21BrN2O2. The second-order valence-corrected chi connectivity index (χ2v) is 6.25. The first-order chi connectivity index (χ1) is 9.43. The predicted molar refractivity (Wildman–Crippen MR) is 83.8 cm³/mol. The number of hydrogen-bond donors (Lipinski definition) is 1. The highest BCUT2D eigenvalue weighted by Gasteiger charge is 2.31. The van der Waals surface area contributed by atoms with Crippen LogP contribution in [0.4, 0.5) is 5.69 Å². The summed E-state index contributed by atoms with van der Waals surface area (Å²) in [5.41, 5.74) is 8.10. The highest BCUT2D eigenvalue weighted by atomic mass is 79.9. The quantitative estimate of drug-likeness (QED) is 0.842. The Kier molecular flexibility index (Phi) is 4.70. The van der Waals surface area contributed by atoms with Gasteiger partial charge in [-0.1, -0.05) is 22.9 Å². The average Bonchev–Trinajstić information content (AvgIpc) is 2.42. The Labute approximate surface area is 128 Å². The summed E-state index contributed by atoms with van der Waals surface area (Å²) in [5.74, 6) is 0.0394. The van der Waals surface area contributed by atoms with Crippen LogP contribution in [0.15, 0.2) is 16.6 Å². The number of halogens is 1. The molecular weight excluding hydrogens is 320 g/mol. The molecule has 5 heteroatoms. The van der Waals surface area contributed by atoms with Crippen LogP contribution in [0.1, 0.15) is 36.2 Å². The first kappa shape index (κ1) is 15.3. The van der Waals surface area contributed by atoms with Gasteiger partial charge in [0.25, 0.3) is 5.91 Å². The minimum absolute atomic E-state index is 0.0394. The SMILES string of the molecule is CCC1COC(C)CN1C(=O)c1cc(Br)cc(N)c1C. The normalized spacial score (nSPS) is 22.9. The number of nitrogens with zero attached hydrogens (tertiary/aromatic N) is 1. The molecule has 20 heavy (non-hydrogen) atoms. The van der Waals surface area contributed by atoms with Crippen molar-refractivity contribution in [1.82, 2.24) is 4.90 Å². The van der Waals surface area contributed by atoms with Gasteiger partial charge in [0.15, 0.2) is 0 Å². The summed E-state index contributed by atoms with van der Waals surface area (Å²) in [7, 11) is 0. The van der Waals surface area contributed by atoms with Gasteiger partial charge in [-0.3, -0.25) is 4.79 Å². The lowest BCUT2D eigenvalue weighted by atomic mass is 10.0. The van der Waals surface area contributed by atoms with Gasteiger partial charge in [0, 0.05) is 22.3 Å². The van der Waals surface area contributed by atoms with E-state index in [4.69, 9.17) is 10.5 Å². The molecule has 1 aromatic carbocycles. The minimum atomic E-state index is 0.0394. The fourth-order valence-corrected chi connectivity index (χ4v) is 2.98. The van der Waals surface area contributed by atoms with E-state index in [-0.39, 0.29) is 18.1 Å². The van der Waals surface area contributed by atoms with Crippen LogP contribution in [0, 0.1) is 6.92 Å². The van der Waals surface area contributed by atoms with Crippen LogP contribution in [0.3, 0.4) is 0 Å². The van der Waals surface area contributed by atoms with E-state index in [2.05, 4.69) is 22.9 Å². The maximum atomic E-state index is 12.8. The third-order valence-corrected chi connectivity index (χ3v) is 4.30. The molecule has 4 nitrogen and oxygen atoms in total. The zero-order chi connectivity index (χ0) is 14.9. The topological polar surface area (TPSA) is 55.6 Å². The molecule has 0 aromatic heterocycles. The Bertz CT molecular complexity index is 519. The van der Waals surface area contributed by atoms with Gasteiger partial charge in [-0.2, -0.15) is 0 Å². The Balaban J connectivity index is 2.34. The van der Waals surface area contributed by atoms with Crippen molar-refractivity contribution >= 4 is 27.5 Å². The third-order valence-electron chi connectivity index (χ3n) is 3.84. The first-order valence-corrected chi connectivity index (χ1v) is 7.71. The molecule has 0 aliphatic carbocycles. The number of amides is 1. The Morgan fingerprint density at radius 1 is 1.55 bits per heavy atom. The van der Waals surface area contributed by atoms with Crippen molar-refractivity contribution in [2.75, 3.05) is 18.9 Å². The molecule has 2 unspecified atom stereocenters. The molecule has 1 amide bonds. The molecule has 1 aromatic rings. The predicted octanol–water partition coefficient (Wildman–Crippen LogP) is 2.98. The van der Waals surface area contributed by atoms with E-state index >= 15 is 0 Å². The van der Waals surface area contributed by atoms with Gasteiger partial charge in [-0.05, 0) is 38.0 Å². The van der Waals surface area contributed by atoms with Gasteiger partial charge in [0.1, 0.15) is 0 Å². The lowest BCUT2D eigenvalue weighted by Crippen LogP contribution is -2.51. The molecule has 1 heterocycles. The van der Waals surface area contributed by atoms with E-state index < -0.39 is 0 Å². The average molecular weight is 341 g/mol. The molecule has 1 aliphatic heterocycles. The molecule has 0 spiro atoms. The maximum absolute atomic E-state index is 12.8. The van der Waals surface area contributed by atoms with Gasteiger partial charge < -0.3 is 15.4 Å². The minimum Gasteiger partial charge on any atom is -0.398 e. The summed E-state index contributed by atoms with van der Waals surface area (Å²) >= 11 is 3.41. The number of ether oxygens (including phenoxy) is 1. The zero-order valence-corrected chi connectivity index (χ0v) is 13.7. The van der Waals surface area contributed by atoms with Crippen LogP contribution in [-0.2, 0) is 4.74 Å². The largest absolute Gasteiger partial charge is 0.398 e. The van der Waals surface area contributed by atoms with E-state index in [1.807, 2.05) is 30.9 Å². The van der Waals surface area contributed by atoms with Crippen LogP contribution in [-0.4, -0.2) is 36.1 Å². The summed E-state index contributed by atoms with van der Waals surface area (Å²) in [5, 5.41) is 0. The van der Waals surface area contributed by atoms with Crippen molar-refractivity contribution in [2.45, 2.75) is 39.3 Å². The Morgan fingerprint density at radius 2 is 2.25 bits per heavy atom. The van der Waals surface area contributed by atoms with Crippen molar-refractivity contribution in [2.24, 2.45) is 0 Å². The van der Waals surface area contributed by atoms with E-state index in [9.17, 15) is 4.79 Å². The van der Waals surface area contributed by atoms with Crippen molar-refractivity contribution in [1.29, 1.82) is 0 Å². The third kappa shape index (κ3) is 2.99. The standard InChI is InChI=1S/C15H21BrN2O2/c1-4-12-8-20-9(2)7-18(12)15(19)13-5-11(16)6-14(17)10(13)3/h5-6,9,12H,4,7-8,17H2,1-3H3. The van der Waals surface area contributed by atoms with E-state index in [1.54, 1.807) is 0 Å². The number of benzene rings is 1. The number of anilines is 1. The van der Waals surface area contributed by atoms with Crippen LogP contribution in [0.25, 0.3) is 0 Å². The molecule has 2 N–H and O–H groups in total. The zero-order valence-electron chi connectivity index (χ0n) is 12.1. The Hall–Kier alpha value is -1.07. The molecule has 0 radical (unpaired) electrons. The van der Waals surface area contributed by atoms with Crippen molar-refractivity contribution < 1.29 is 9.53 Å². The number of rotatable bonds is 2. The summed E-state index contributed by atoms with van der Waals surface area (Å²) in [6, 6.07) is 3.81. The number of nitrogens with two attached hydrogens (primary N) is 1. The monoisotopic (exact) mass is 340 g/mol. The maximum Gasteiger partial charge on any atom is 0.254 e. The second-order valence-electron chi connectivity index (χ2n) is 5.33. The number of hydrogen-bond acceptors (Lipinski definition) is 3. The van der Waals surface area contributed by atoms with E-state index in [0.717, 1.165) is 16.5 Å². The number of carbonyl (C=O) groups excluding carboxylic acids is 1. The van der Waals surface area contributed by atoms with E-state index in [1.165, 1.54) is 0 Å². The highest BCUT2D eigenvalue weighted by molar-refractivity contribution is 9.10. The van der Waals surface area contributed by atoms with Crippen molar-refractivity contribution in [3.05, 3.63) is 27.7 Å². The summed E-state index contributed by atoms with van der Waals surface area (Å²) in [6.07, 6.45) is 0.965. The van der Waals surface area contributed by atoms with Gasteiger partial charge in [-0.25, -0.2) is 0 Å². The van der Waals surface area contributed by atoms with Crippen molar-refractivity contribution in [3.8, 4) is 0 Å².